The van der Waals surface area contributed by atoms with Crippen LogP contribution in [0, 0.1) is 17.7 Å². The first-order chi connectivity index (χ1) is 12.5. The number of halogens is 1. The van der Waals surface area contributed by atoms with E-state index in [-0.39, 0.29) is 4.90 Å². The summed E-state index contributed by atoms with van der Waals surface area (Å²) < 4.78 is 41.0. The molecule has 1 aromatic carbocycles. The number of nitrogens with one attached hydrogen (secondary N) is 1. The highest BCUT2D eigenvalue weighted by molar-refractivity contribution is 7.89. The number of nitrogens with zero attached hydrogens (tertiary/aromatic N) is 1. The second kappa shape index (κ2) is 8.35. The molecule has 0 bridgehead atoms. The molecule has 3 rings (SSSR count). The lowest BCUT2D eigenvalue weighted by Crippen LogP contribution is -2.30. The van der Waals surface area contributed by atoms with Crippen LogP contribution in [0.3, 0.4) is 0 Å². The Morgan fingerprint density at radius 1 is 1.23 bits per heavy atom. The van der Waals surface area contributed by atoms with Gasteiger partial charge in [0.05, 0.1) is 0 Å². The van der Waals surface area contributed by atoms with Gasteiger partial charge in [-0.15, -0.1) is 0 Å². The van der Waals surface area contributed by atoms with Crippen molar-refractivity contribution < 1.29 is 12.8 Å². The van der Waals surface area contributed by atoms with Gasteiger partial charge in [0.25, 0.3) is 0 Å². The van der Waals surface area contributed by atoms with Crippen LogP contribution in [0.4, 0.5) is 4.39 Å². The summed E-state index contributed by atoms with van der Waals surface area (Å²) in [6, 6.07) is 5.50. The van der Waals surface area contributed by atoms with E-state index in [1.165, 1.54) is 42.7 Å². The van der Waals surface area contributed by atoms with E-state index in [9.17, 15) is 12.8 Å². The average Bonchev–Trinajstić information content (AvgIpc) is 2.62. The Bertz CT molecular complexity index is 789. The van der Waals surface area contributed by atoms with Crippen molar-refractivity contribution in [1.82, 2.24) is 9.62 Å². The maximum absolute atomic E-state index is 13.8. The Hall–Kier alpha value is -1.66. The van der Waals surface area contributed by atoms with Crippen LogP contribution in [0.1, 0.15) is 32.1 Å². The molecule has 1 aliphatic heterocycles. The van der Waals surface area contributed by atoms with Crippen molar-refractivity contribution in [2.45, 2.75) is 37.0 Å². The minimum Gasteiger partial charge on any atom is -0.376 e. The van der Waals surface area contributed by atoms with Gasteiger partial charge in [-0.2, -0.15) is 0 Å². The van der Waals surface area contributed by atoms with Gasteiger partial charge >= 0.3 is 0 Å². The third-order valence-electron chi connectivity index (χ3n) is 5.34. The Labute approximate surface area is 155 Å². The molecule has 1 saturated carbocycles. The largest absolute Gasteiger partial charge is 0.376 e. The number of hydrogen-bond donors (Lipinski definition) is 1. The molecule has 26 heavy (non-hydrogen) atoms. The Kier molecular flexibility index (Phi) is 6.14. The van der Waals surface area contributed by atoms with Crippen molar-refractivity contribution in [2.24, 2.45) is 11.8 Å². The summed E-state index contributed by atoms with van der Waals surface area (Å²) in [5, 5.41) is 0. The van der Waals surface area contributed by atoms with Crippen LogP contribution in [0.2, 0.25) is 0 Å². The first-order valence-electron chi connectivity index (χ1n) is 9.30. The Morgan fingerprint density at radius 3 is 2.77 bits per heavy atom. The molecular formula is C20H27FN2O2S. The van der Waals surface area contributed by atoms with E-state index < -0.39 is 15.8 Å². The molecule has 1 aliphatic carbocycles. The molecule has 6 heteroatoms. The Morgan fingerprint density at radius 2 is 2.00 bits per heavy atom. The number of likely N-dealkylation sites (N-methyl/N-ethyl adjacent to an activating group) is 1. The van der Waals surface area contributed by atoms with Crippen molar-refractivity contribution in [3.05, 3.63) is 54.0 Å². The van der Waals surface area contributed by atoms with E-state index in [1.54, 1.807) is 0 Å². The maximum Gasteiger partial charge on any atom is 0.243 e. The summed E-state index contributed by atoms with van der Waals surface area (Å²) in [4.78, 5) is 1.90. The van der Waals surface area contributed by atoms with Crippen molar-refractivity contribution in [3.8, 4) is 0 Å². The molecule has 1 heterocycles. The van der Waals surface area contributed by atoms with Gasteiger partial charge in [-0.1, -0.05) is 37.1 Å². The molecule has 1 N–H and O–H groups in total. The van der Waals surface area contributed by atoms with Gasteiger partial charge in [-0.05, 0) is 48.8 Å². The monoisotopic (exact) mass is 378 g/mol. The van der Waals surface area contributed by atoms with Crippen molar-refractivity contribution in [1.29, 1.82) is 0 Å². The summed E-state index contributed by atoms with van der Waals surface area (Å²) in [5.41, 5.74) is 1.35. The molecule has 0 spiro atoms. The first-order valence-corrected chi connectivity index (χ1v) is 10.8. The number of rotatable bonds is 6. The van der Waals surface area contributed by atoms with Crippen LogP contribution in [0.25, 0.3) is 0 Å². The standard InChI is InChI=1S/C20H27FN2O2S/c1-23-14-6-8-17(15-23)18-9-3-2-7-16(18)12-13-22-26(24,25)20-11-5-4-10-19(20)21/h4-6,8,10-11,15-16,18,22H,2-3,7,9,12-14H2,1H3/t16-,18+/m0/s1. The zero-order chi connectivity index (χ0) is 18.6. The smallest absolute Gasteiger partial charge is 0.243 e. The van der Waals surface area contributed by atoms with Crippen molar-refractivity contribution in [2.75, 3.05) is 20.1 Å². The number of allylic oxidation sites excluding steroid dienone is 2. The second-order valence-electron chi connectivity index (χ2n) is 7.24. The summed E-state index contributed by atoms with van der Waals surface area (Å²) in [7, 11) is -1.73. The number of benzene rings is 1. The van der Waals surface area contributed by atoms with Gasteiger partial charge in [0.15, 0.2) is 0 Å². The molecule has 1 aromatic rings. The summed E-state index contributed by atoms with van der Waals surface area (Å²) in [6.45, 7) is 1.27. The fraction of sp³-hybridized carbons (Fsp3) is 0.500. The molecule has 0 saturated heterocycles. The van der Waals surface area contributed by atoms with E-state index >= 15 is 0 Å². The molecule has 0 amide bonds. The molecule has 0 aromatic heterocycles. The molecule has 0 radical (unpaired) electrons. The average molecular weight is 379 g/mol. The maximum atomic E-state index is 13.8. The predicted octanol–water partition coefficient (Wildman–Crippen LogP) is 3.69. The molecule has 0 unspecified atom stereocenters. The van der Waals surface area contributed by atoms with E-state index in [2.05, 4.69) is 35.0 Å². The zero-order valence-electron chi connectivity index (χ0n) is 15.2. The highest BCUT2D eigenvalue weighted by Gasteiger charge is 2.28. The lowest BCUT2D eigenvalue weighted by Gasteiger charge is -2.34. The number of sulfonamides is 1. The number of hydrogen-bond acceptors (Lipinski definition) is 3. The molecule has 4 nitrogen and oxygen atoms in total. The third-order valence-corrected chi connectivity index (χ3v) is 6.84. The van der Waals surface area contributed by atoms with E-state index in [0.29, 0.717) is 18.4 Å². The minimum atomic E-state index is -3.80. The summed E-state index contributed by atoms with van der Waals surface area (Å²) >= 11 is 0. The molecule has 142 valence electrons. The highest BCUT2D eigenvalue weighted by atomic mass is 32.2. The molecular weight excluding hydrogens is 351 g/mol. The van der Waals surface area contributed by atoms with Crippen LogP contribution in [0.5, 0.6) is 0 Å². The fourth-order valence-electron chi connectivity index (χ4n) is 4.04. The zero-order valence-corrected chi connectivity index (χ0v) is 16.0. The first kappa shape index (κ1) is 19.1. The van der Waals surface area contributed by atoms with Gasteiger partial charge in [0.1, 0.15) is 10.7 Å². The van der Waals surface area contributed by atoms with Crippen LogP contribution in [-0.2, 0) is 10.0 Å². The normalized spacial score (nSPS) is 23.8. The van der Waals surface area contributed by atoms with Crippen molar-refractivity contribution in [3.63, 3.8) is 0 Å². The topological polar surface area (TPSA) is 49.4 Å². The van der Waals surface area contributed by atoms with E-state index in [0.717, 1.165) is 25.8 Å². The van der Waals surface area contributed by atoms with Gasteiger partial charge in [-0.25, -0.2) is 17.5 Å². The summed E-state index contributed by atoms with van der Waals surface area (Å²) in [5.74, 6) is 0.214. The molecule has 2 aliphatic rings. The Balaban J connectivity index is 1.62. The minimum absolute atomic E-state index is 0.278. The lowest BCUT2D eigenvalue weighted by molar-refractivity contribution is 0.257. The summed E-state index contributed by atoms with van der Waals surface area (Å²) in [6.07, 6.45) is 12.1. The van der Waals surface area contributed by atoms with Crippen LogP contribution < -0.4 is 4.72 Å². The molecule has 2 atom stereocenters. The van der Waals surface area contributed by atoms with Crippen LogP contribution in [0.15, 0.2) is 53.1 Å². The highest BCUT2D eigenvalue weighted by Crippen LogP contribution is 2.38. The SMILES string of the molecule is CN1C=C([C@@H]2CCCC[C@H]2CCNS(=O)(=O)c2ccccc2F)C=CC1. The van der Waals surface area contributed by atoms with Gasteiger partial charge in [0, 0.05) is 26.3 Å². The van der Waals surface area contributed by atoms with Gasteiger partial charge in [-0.3, -0.25) is 0 Å². The quantitative estimate of drug-likeness (QED) is 0.821. The third kappa shape index (κ3) is 4.54. The predicted molar refractivity (Wildman–Crippen MR) is 102 cm³/mol. The van der Waals surface area contributed by atoms with Crippen LogP contribution in [-0.4, -0.2) is 33.5 Å². The van der Waals surface area contributed by atoms with E-state index in [4.69, 9.17) is 0 Å². The lowest BCUT2D eigenvalue weighted by atomic mass is 9.73. The molecule has 1 fully saturated rings. The van der Waals surface area contributed by atoms with Gasteiger partial charge in [0.2, 0.25) is 10.0 Å². The fourth-order valence-corrected chi connectivity index (χ4v) is 5.16. The van der Waals surface area contributed by atoms with Crippen molar-refractivity contribution >= 4 is 10.0 Å². The van der Waals surface area contributed by atoms with E-state index in [1.807, 2.05) is 0 Å². The second-order valence-corrected chi connectivity index (χ2v) is 8.97. The van der Waals surface area contributed by atoms with Gasteiger partial charge < -0.3 is 4.90 Å². The van der Waals surface area contributed by atoms with Crippen LogP contribution >= 0.6 is 0 Å².